The Bertz CT molecular complexity index is 499. The topological polar surface area (TPSA) is 102 Å². The van der Waals surface area contributed by atoms with E-state index in [9.17, 15) is 15.0 Å². The van der Waals surface area contributed by atoms with Crippen LogP contribution >= 0.6 is 0 Å². The number of benzene rings is 1. The monoisotopic (exact) mass is 250 g/mol. The summed E-state index contributed by atoms with van der Waals surface area (Å²) >= 11 is 0. The first-order valence-electron chi connectivity index (χ1n) is 5.56. The first kappa shape index (κ1) is 12.4. The van der Waals surface area contributed by atoms with Gasteiger partial charge in [0.05, 0.1) is 18.2 Å². The second-order valence-electron chi connectivity index (χ2n) is 4.19. The van der Waals surface area contributed by atoms with Gasteiger partial charge in [0.25, 0.3) is 0 Å². The van der Waals surface area contributed by atoms with Crippen LogP contribution in [-0.2, 0) is 6.42 Å². The Hall–Kier alpha value is -2.08. The van der Waals surface area contributed by atoms with Gasteiger partial charge in [-0.3, -0.25) is 4.99 Å². The van der Waals surface area contributed by atoms with Gasteiger partial charge in [0.15, 0.2) is 0 Å². The van der Waals surface area contributed by atoms with E-state index in [4.69, 9.17) is 5.11 Å². The second-order valence-corrected chi connectivity index (χ2v) is 4.19. The third-order valence-corrected chi connectivity index (χ3v) is 2.63. The predicted molar refractivity (Wildman–Crippen MR) is 65.1 cm³/mol. The average Bonchev–Trinajstić information content (AvgIpc) is 2.31. The van der Waals surface area contributed by atoms with Gasteiger partial charge >= 0.3 is 5.97 Å². The van der Waals surface area contributed by atoms with Crippen molar-refractivity contribution < 1.29 is 20.1 Å². The number of carbonyl (C=O) groups is 1. The number of aliphatic hydroxyl groups excluding tert-OH is 1. The van der Waals surface area contributed by atoms with Gasteiger partial charge in [0, 0.05) is 13.0 Å². The van der Waals surface area contributed by atoms with Crippen molar-refractivity contribution in [3.63, 3.8) is 0 Å². The molecule has 1 atom stereocenters. The predicted octanol–water partition coefficient (Wildman–Crippen LogP) is -0.00450. The zero-order chi connectivity index (χ0) is 13.1. The number of carboxylic acids is 1. The summed E-state index contributed by atoms with van der Waals surface area (Å²) in [6.45, 7) is 0.774. The number of carboxylic acid groups (broad SMARTS) is 1. The van der Waals surface area contributed by atoms with Crippen molar-refractivity contribution in [3.8, 4) is 5.75 Å². The van der Waals surface area contributed by atoms with Gasteiger partial charge in [-0.2, -0.15) is 0 Å². The summed E-state index contributed by atoms with van der Waals surface area (Å²) in [6, 6.07) is 4.20. The SMILES string of the molecule is O=C(O)c1cc(O)cc(CC2=NCC(O)CN2)c1. The first-order valence-corrected chi connectivity index (χ1v) is 5.56. The molecule has 2 rings (SSSR count). The number of aromatic carboxylic acids is 1. The first-order chi connectivity index (χ1) is 8.54. The minimum atomic E-state index is -1.08. The fourth-order valence-corrected chi connectivity index (χ4v) is 1.78. The number of β-amino-alcohol motifs (C(OH)–C–C–N with tert-alkyl or cyclic N) is 1. The molecule has 18 heavy (non-hydrogen) atoms. The average molecular weight is 250 g/mol. The minimum absolute atomic E-state index is 0.0430. The molecule has 6 heteroatoms. The summed E-state index contributed by atoms with van der Waals surface area (Å²) < 4.78 is 0. The Labute approximate surface area is 104 Å². The molecule has 1 aromatic carbocycles. The van der Waals surface area contributed by atoms with E-state index in [-0.39, 0.29) is 11.3 Å². The number of hydrogen-bond acceptors (Lipinski definition) is 5. The lowest BCUT2D eigenvalue weighted by atomic mass is 10.1. The third-order valence-electron chi connectivity index (χ3n) is 2.63. The van der Waals surface area contributed by atoms with Crippen molar-refractivity contribution in [3.05, 3.63) is 29.3 Å². The largest absolute Gasteiger partial charge is 0.508 e. The number of amidine groups is 1. The molecule has 0 bridgehead atoms. The molecular formula is C12H14N2O4. The van der Waals surface area contributed by atoms with Crippen LogP contribution in [0, 0.1) is 0 Å². The molecule has 96 valence electrons. The van der Waals surface area contributed by atoms with Gasteiger partial charge in [-0.05, 0) is 23.8 Å². The lowest BCUT2D eigenvalue weighted by Crippen LogP contribution is -2.39. The Balaban J connectivity index is 2.16. The molecule has 0 amide bonds. The van der Waals surface area contributed by atoms with Crippen LogP contribution in [0.3, 0.4) is 0 Å². The molecule has 1 heterocycles. The van der Waals surface area contributed by atoms with Crippen LogP contribution in [0.2, 0.25) is 0 Å². The van der Waals surface area contributed by atoms with Gasteiger partial charge < -0.3 is 20.6 Å². The fraction of sp³-hybridized carbons (Fsp3) is 0.333. The highest BCUT2D eigenvalue weighted by Gasteiger charge is 2.13. The van der Waals surface area contributed by atoms with Gasteiger partial charge in [0.2, 0.25) is 0 Å². The maximum atomic E-state index is 10.9. The zero-order valence-electron chi connectivity index (χ0n) is 9.63. The fourth-order valence-electron chi connectivity index (χ4n) is 1.78. The highest BCUT2D eigenvalue weighted by molar-refractivity contribution is 5.89. The normalized spacial score (nSPS) is 18.9. The number of aromatic hydroxyl groups is 1. The molecule has 1 aliphatic rings. The van der Waals surface area contributed by atoms with E-state index in [1.54, 1.807) is 0 Å². The molecule has 6 nitrogen and oxygen atoms in total. The van der Waals surface area contributed by atoms with E-state index < -0.39 is 12.1 Å². The van der Waals surface area contributed by atoms with Crippen molar-refractivity contribution in [1.29, 1.82) is 0 Å². The van der Waals surface area contributed by atoms with Gasteiger partial charge in [0.1, 0.15) is 11.6 Å². The summed E-state index contributed by atoms with van der Waals surface area (Å²) in [4.78, 5) is 15.0. The quantitative estimate of drug-likeness (QED) is 0.604. The molecule has 4 N–H and O–H groups in total. The number of nitrogens with one attached hydrogen (secondary N) is 1. The van der Waals surface area contributed by atoms with E-state index in [1.165, 1.54) is 18.2 Å². The Kier molecular flexibility index (Phi) is 3.47. The molecular weight excluding hydrogens is 236 g/mol. The van der Waals surface area contributed by atoms with Gasteiger partial charge in [-0.15, -0.1) is 0 Å². The number of nitrogens with zero attached hydrogens (tertiary/aromatic N) is 1. The van der Waals surface area contributed by atoms with Crippen molar-refractivity contribution in [2.24, 2.45) is 4.99 Å². The maximum absolute atomic E-state index is 10.9. The van der Waals surface area contributed by atoms with E-state index in [2.05, 4.69) is 10.3 Å². The highest BCUT2D eigenvalue weighted by Crippen LogP contribution is 2.16. The zero-order valence-corrected chi connectivity index (χ0v) is 9.63. The molecule has 0 spiro atoms. The van der Waals surface area contributed by atoms with E-state index in [0.717, 1.165) is 0 Å². The number of phenols is 1. The minimum Gasteiger partial charge on any atom is -0.508 e. The van der Waals surface area contributed by atoms with Crippen molar-refractivity contribution in [2.45, 2.75) is 12.5 Å². The van der Waals surface area contributed by atoms with Crippen LogP contribution in [-0.4, -0.2) is 46.3 Å². The van der Waals surface area contributed by atoms with Crippen molar-refractivity contribution in [1.82, 2.24) is 5.32 Å². The summed E-state index contributed by atoms with van der Waals surface area (Å²) in [5.41, 5.74) is 0.705. The van der Waals surface area contributed by atoms with E-state index in [0.29, 0.717) is 30.9 Å². The molecule has 1 aromatic rings. The lowest BCUT2D eigenvalue weighted by Gasteiger charge is -2.19. The summed E-state index contributed by atoms with van der Waals surface area (Å²) in [6.07, 6.45) is -0.0750. The standard InChI is InChI=1S/C12H14N2O4/c15-9-2-7(1-8(4-9)12(17)18)3-11-13-5-10(16)6-14-11/h1-2,4,10,15-16H,3,5-6H2,(H,13,14)(H,17,18). The highest BCUT2D eigenvalue weighted by atomic mass is 16.4. The van der Waals surface area contributed by atoms with Crippen LogP contribution in [0.4, 0.5) is 0 Å². The molecule has 0 saturated heterocycles. The third kappa shape index (κ3) is 2.98. The van der Waals surface area contributed by atoms with Crippen molar-refractivity contribution >= 4 is 11.8 Å². The lowest BCUT2D eigenvalue weighted by molar-refractivity contribution is 0.0696. The number of hydrogen-bond donors (Lipinski definition) is 4. The van der Waals surface area contributed by atoms with E-state index in [1.807, 2.05) is 0 Å². The van der Waals surface area contributed by atoms with E-state index >= 15 is 0 Å². The van der Waals surface area contributed by atoms with Crippen LogP contribution in [0.5, 0.6) is 5.75 Å². The Morgan fingerprint density at radius 1 is 1.44 bits per heavy atom. The molecule has 0 aromatic heterocycles. The number of phenolic OH excluding ortho intramolecular Hbond substituents is 1. The van der Waals surface area contributed by atoms with Crippen LogP contribution in [0.1, 0.15) is 15.9 Å². The van der Waals surface area contributed by atoms with Crippen LogP contribution in [0.15, 0.2) is 23.2 Å². The Morgan fingerprint density at radius 3 is 2.83 bits per heavy atom. The summed E-state index contributed by atoms with van der Waals surface area (Å²) in [5.74, 6) is -0.482. The molecule has 1 unspecified atom stereocenters. The number of aliphatic imine (C=N–C) groups is 1. The summed E-state index contributed by atoms with van der Waals surface area (Å²) in [7, 11) is 0. The van der Waals surface area contributed by atoms with Crippen molar-refractivity contribution in [2.75, 3.05) is 13.1 Å². The number of rotatable bonds is 3. The second kappa shape index (κ2) is 5.05. The summed E-state index contributed by atoms with van der Waals surface area (Å²) in [5, 5.41) is 30.6. The van der Waals surface area contributed by atoms with Crippen LogP contribution < -0.4 is 5.32 Å². The van der Waals surface area contributed by atoms with Gasteiger partial charge in [-0.1, -0.05) is 0 Å². The molecule has 0 fully saturated rings. The Morgan fingerprint density at radius 2 is 2.22 bits per heavy atom. The molecule has 0 radical (unpaired) electrons. The maximum Gasteiger partial charge on any atom is 0.335 e. The molecule has 0 aliphatic carbocycles. The smallest absolute Gasteiger partial charge is 0.335 e. The van der Waals surface area contributed by atoms with Gasteiger partial charge in [-0.25, -0.2) is 4.79 Å². The number of aliphatic hydroxyl groups is 1. The van der Waals surface area contributed by atoms with Crippen LogP contribution in [0.25, 0.3) is 0 Å². The molecule has 0 saturated carbocycles. The molecule has 1 aliphatic heterocycles.